The van der Waals surface area contributed by atoms with Crippen molar-refractivity contribution in [2.45, 2.75) is 5.51 Å². The molecule has 0 N–H and O–H groups in total. The maximum atomic E-state index is 11.3. The summed E-state index contributed by atoms with van der Waals surface area (Å²) in [5.41, 5.74) is -4.51. The normalized spacial score (nSPS) is 16.1. The molecule has 1 nitrogen and oxygen atoms in total. The van der Waals surface area contributed by atoms with Gasteiger partial charge in [-0.25, -0.2) is 0 Å². The number of halogens is 3. The van der Waals surface area contributed by atoms with Crippen LogP contribution >= 0.6 is 0 Å². The van der Waals surface area contributed by atoms with Crippen LogP contribution in [0.2, 0.25) is 0 Å². The Morgan fingerprint density at radius 2 is 1.38 bits per heavy atom. The lowest BCUT2D eigenvalue weighted by Gasteiger charge is -2.14. The number of alkyl halides is 3. The van der Waals surface area contributed by atoms with E-state index in [0.717, 1.165) is 0 Å². The van der Waals surface area contributed by atoms with Crippen molar-refractivity contribution >= 4 is 9.93 Å². The summed E-state index contributed by atoms with van der Waals surface area (Å²) >= 11 is 0. The van der Waals surface area contributed by atoms with E-state index in [1.807, 2.05) is 0 Å². The van der Waals surface area contributed by atoms with Gasteiger partial charge in [-0.15, -0.1) is 0 Å². The fraction of sp³-hybridized carbons (Fsp3) is 1.00. The smallest absolute Gasteiger partial charge is 0.277 e. The summed E-state index contributed by atoms with van der Waals surface area (Å²) in [6.45, 7) is 0. The summed E-state index contributed by atoms with van der Waals surface area (Å²) in [5.74, 6) is 0. The van der Waals surface area contributed by atoms with Gasteiger partial charge in [0.15, 0.2) is 0 Å². The molecule has 0 aliphatic rings. The van der Waals surface area contributed by atoms with E-state index in [4.69, 9.17) is 0 Å². The number of hydrogen-bond donors (Lipinski definition) is 1. The monoisotopic (exact) mass is 148 g/mol. The zero-order valence-corrected chi connectivity index (χ0v) is 5.38. The Morgan fingerprint density at radius 3 is 1.38 bits per heavy atom. The second kappa shape index (κ2) is 1.72. The largest absolute Gasteiger partial charge is 0.448 e. The van der Waals surface area contributed by atoms with Gasteiger partial charge in [-0.1, -0.05) is 0 Å². The van der Waals surface area contributed by atoms with Gasteiger partial charge in [0, 0.05) is 0 Å². The number of thiol groups is 1. The van der Waals surface area contributed by atoms with Crippen LogP contribution < -0.4 is 0 Å². The van der Waals surface area contributed by atoms with Crippen molar-refractivity contribution in [3.63, 3.8) is 0 Å². The van der Waals surface area contributed by atoms with Gasteiger partial charge in [0.2, 0.25) is 0 Å². The summed E-state index contributed by atoms with van der Waals surface area (Å²) in [7, 11) is -3.85. The van der Waals surface area contributed by atoms with E-state index in [2.05, 4.69) is 0 Å². The molecule has 8 heavy (non-hydrogen) atoms. The summed E-state index contributed by atoms with van der Waals surface area (Å²) in [6, 6.07) is 0. The van der Waals surface area contributed by atoms with E-state index in [1.54, 1.807) is 0 Å². The van der Waals surface area contributed by atoms with Crippen molar-refractivity contribution in [2.75, 3.05) is 12.5 Å². The van der Waals surface area contributed by atoms with Crippen LogP contribution in [0.25, 0.3) is 0 Å². The zero-order valence-electron chi connectivity index (χ0n) is 4.49. The van der Waals surface area contributed by atoms with E-state index in [9.17, 15) is 17.4 Å². The van der Waals surface area contributed by atoms with Gasteiger partial charge in [0.1, 0.15) is 0 Å². The standard InChI is InChI=1S/C3H7F3OS/c1-8(2,7)3(4,5)6/h8H,1-2H3. The molecule has 0 rings (SSSR count). The van der Waals surface area contributed by atoms with Crippen molar-refractivity contribution in [3.8, 4) is 0 Å². The highest BCUT2D eigenvalue weighted by Gasteiger charge is 2.37. The first kappa shape index (κ1) is 7.94. The van der Waals surface area contributed by atoms with Gasteiger partial charge in [-0.05, 0) is 22.4 Å². The van der Waals surface area contributed by atoms with Crippen LogP contribution in [0.5, 0.6) is 0 Å². The minimum Gasteiger partial charge on any atom is -0.277 e. The molecule has 0 aromatic rings. The molecule has 0 bridgehead atoms. The zero-order chi connectivity index (χ0) is 7.00. The second-order valence-corrected chi connectivity index (χ2v) is 5.03. The molecule has 0 saturated carbocycles. The minimum absolute atomic E-state index is 0.701. The van der Waals surface area contributed by atoms with Crippen molar-refractivity contribution in [3.05, 3.63) is 0 Å². The lowest BCUT2D eigenvalue weighted by Crippen LogP contribution is -2.27. The number of rotatable bonds is 0. The summed E-state index contributed by atoms with van der Waals surface area (Å²) < 4.78 is 44.0. The summed E-state index contributed by atoms with van der Waals surface area (Å²) in [6.07, 6.45) is 1.40. The first-order valence-corrected chi connectivity index (χ1v) is 4.47. The molecule has 0 heterocycles. The van der Waals surface area contributed by atoms with Crippen molar-refractivity contribution in [2.24, 2.45) is 0 Å². The molecule has 0 aromatic carbocycles. The van der Waals surface area contributed by atoms with Crippen LogP contribution in [0.1, 0.15) is 0 Å². The Hall–Kier alpha value is -0.0600. The molecule has 0 atom stereocenters. The van der Waals surface area contributed by atoms with Crippen LogP contribution in [0.4, 0.5) is 13.2 Å². The predicted octanol–water partition coefficient (Wildman–Crippen LogP) is 0.783. The Morgan fingerprint density at radius 1 is 1.25 bits per heavy atom. The SMILES string of the molecule is C[SH](C)(=O)C(F)(F)F. The molecule has 0 amide bonds. The average Bonchev–Trinajstić information content (AvgIpc) is 1.25. The molecule has 0 radical (unpaired) electrons. The van der Waals surface area contributed by atoms with Crippen molar-refractivity contribution in [1.82, 2.24) is 0 Å². The molecule has 0 saturated heterocycles. The molecule has 0 aromatic heterocycles. The second-order valence-electron chi connectivity index (χ2n) is 1.82. The third-order valence-electron chi connectivity index (χ3n) is 0.611. The van der Waals surface area contributed by atoms with E-state index in [0.29, 0.717) is 12.5 Å². The molecule has 0 aliphatic carbocycles. The molecule has 0 aliphatic heterocycles. The lowest BCUT2D eigenvalue weighted by atomic mass is 11.5. The van der Waals surface area contributed by atoms with Crippen molar-refractivity contribution in [1.29, 1.82) is 0 Å². The van der Waals surface area contributed by atoms with Crippen LogP contribution in [0.3, 0.4) is 0 Å². The molecular formula is C3H7F3OS. The Labute approximate surface area is 46.3 Å². The topological polar surface area (TPSA) is 17.1 Å². The van der Waals surface area contributed by atoms with Crippen LogP contribution in [0.15, 0.2) is 0 Å². The van der Waals surface area contributed by atoms with E-state index in [-0.39, 0.29) is 0 Å². The highest BCUT2D eigenvalue weighted by molar-refractivity contribution is 8.02. The summed E-state index contributed by atoms with van der Waals surface area (Å²) in [4.78, 5) is 0. The van der Waals surface area contributed by atoms with E-state index < -0.39 is 15.4 Å². The van der Waals surface area contributed by atoms with Gasteiger partial charge >= 0.3 is 5.51 Å². The van der Waals surface area contributed by atoms with Gasteiger partial charge in [-0.2, -0.15) is 13.2 Å². The fourth-order valence-electron chi connectivity index (χ4n) is 0. The predicted molar refractivity (Wildman–Crippen MR) is 27.4 cm³/mol. The quantitative estimate of drug-likeness (QED) is 0.502. The molecule has 0 unspecified atom stereocenters. The minimum atomic E-state index is -4.51. The van der Waals surface area contributed by atoms with Crippen LogP contribution in [0, 0.1) is 0 Å². The van der Waals surface area contributed by atoms with Gasteiger partial charge in [0.05, 0.1) is 0 Å². The highest BCUT2D eigenvalue weighted by Crippen LogP contribution is 2.25. The fourth-order valence-corrected chi connectivity index (χ4v) is 0. The average molecular weight is 148 g/mol. The highest BCUT2D eigenvalue weighted by atomic mass is 32.2. The Balaban J connectivity index is 4.26. The molecule has 0 fully saturated rings. The van der Waals surface area contributed by atoms with Crippen molar-refractivity contribution < 1.29 is 17.4 Å². The molecule has 5 heteroatoms. The maximum Gasteiger partial charge on any atom is 0.448 e. The van der Waals surface area contributed by atoms with Crippen LogP contribution in [-0.4, -0.2) is 22.2 Å². The molecule has 0 spiro atoms. The summed E-state index contributed by atoms with van der Waals surface area (Å²) in [5, 5.41) is 0. The number of hydrogen-bond acceptors (Lipinski definition) is 1. The maximum absolute atomic E-state index is 11.3. The Bertz CT molecular complexity index is 121. The first-order chi connectivity index (χ1) is 3.25. The molecular weight excluding hydrogens is 141 g/mol. The third-order valence-corrected chi connectivity index (χ3v) is 1.83. The lowest BCUT2D eigenvalue weighted by molar-refractivity contribution is -0.0407. The third kappa shape index (κ3) is 1.81. The van der Waals surface area contributed by atoms with Gasteiger partial charge in [-0.3, -0.25) is 4.21 Å². The van der Waals surface area contributed by atoms with Gasteiger partial charge < -0.3 is 0 Å². The van der Waals surface area contributed by atoms with Gasteiger partial charge in [0.25, 0.3) is 0 Å². The Kier molecular flexibility index (Phi) is 1.70. The van der Waals surface area contributed by atoms with E-state index >= 15 is 0 Å². The van der Waals surface area contributed by atoms with E-state index in [1.165, 1.54) is 0 Å². The first-order valence-electron chi connectivity index (χ1n) is 1.87. The van der Waals surface area contributed by atoms with Crippen LogP contribution in [-0.2, 0) is 9.93 Å². The molecule has 52 valence electrons.